The van der Waals surface area contributed by atoms with Crippen LogP contribution in [-0.2, 0) is 11.3 Å². The van der Waals surface area contributed by atoms with Gasteiger partial charge in [-0.3, -0.25) is 4.79 Å². The largest absolute Gasteiger partial charge is 0.483 e. The van der Waals surface area contributed by atoms with Gasteiger partial charge in [0.2, 0.25) is 5.91 Å². The number of nitrogens with zero attached hydrogens (tertiary/aromatic N) is 3. The lowest BCUT2D eigenvalue weighted by Crippen LogP contribution is -2.50. The first-order valence-corrected chi connectivity index (χ1v) is 13.2. The van der Waals surface area contributed by atoms with Gasteiger partial charge >= 0.3 is 0 Å². The molecule has 2 aliphatic rings. The average Bonchev–Trinajstić information content (AvgIpc) is 3.25. The van der Waals surface area contributed by atoms with Crippen molar-refractivity contribution in [2.45, 2.75) is 95.9 Å². The number of ether oxygens (including phenoxy) is 1. The monoisotopic (exact) mass is 459 g/mol. The first-order valence-electron chi connectivity index (χ1n) is 13.2. The Morgan fingerprint density at radius 3 is 2.15 bits per heavy atom. The second kappa shape index (κ2) is 10.6. The fraction of sp³-hybridized carbons (Fsp3) is 0.517. The van der Waals surface area contributed by atoms with Crippen molar-refractivity contribution in [2.75, 3.05) is 0 Å². The number of hydrogen-bond donors (Lipinski definition) is 0. The van der Waals surface area contributed by atoms with E-state index in [2.05, 4.69) is 15.5 Å². The van der Waals surface area contributed by atoms with Crippen molar-refractivity contribution >= 4 is 16.9 Å². The van der Waals surface area contributed by atoms with E-state index in [-0.39, 0.29) is 12.0 Å². The van der Waals surface area contributed by atoms with Crippen LogP contribution in [0.15, 0.2) is 54.6 Å². The number of fused-ring (bicyclic) bond motifs is 1. The molecule has 0 spiro atoms. The standard InChI is InChI=1S/C29H37N3O2/c1-22(34-25-17-9-4-10-18-25)29-30-26-19-11-12-20-27(26)31(29)21-28(33)32(23-13-5-2-6-14-23)24-15-7-3-8-16-24/h4,9-12,17-20,22-24H,2-3,5-8,13-16,21H2,1H3. The maximum Gasteiger partial charge on any atom is 0.243 e. The molecule has 3 aromatic rings. The summed E-state index contributed by atoms with van der Waals surface area (Å²) >= 11 is 0. The number of para-hydroxylation sites is 3. The minimum absolute atomic E-state index is 0.245. The summed E-state index contributed by atoms with van der Waals surface area (Å²) < 4.78 is 8.34. The van der Waals surface area contributed by atoms with Gasteiger partial charge in [-0.1, -0.05) is 68.9 Å². The number of carbonyl (C=O) groups is 1. The van der Waals surface area contributed by atoms with E-state index in [4.69, 9.17) is 9.72 Å². The summed E-state index contributed by atoms with van der Waals surface area (Å²) in [4.78, 5) is 21.2. The average molecular weight is 460 g/mol. The van der Waals surface area contributed by atoms with Crippen molar-refractivity contribution < 1.29 is 9.53 Å². The van der Waals surface area contributed by atoms with Gasteiger partial charge in [0, 0.05) is 12.1 Å². The Hall–Kier alpha value is -2.82. The Balaban J connectivity index is 1.45. The van der Waals surface area contributed by atoms with E-state index in [1.54, 1.807) is 0 Å². The van der Waals surface area contributed by atoms with E-state index < -0.39 is 0 Å². The fourth-order valence-corrected chi connectivity index (χ4v) is 5.97. The molecule has 5 heteroatoms. The molecule has 0 N–H and O–H groups in total. The molecular formula is C29H37N3O2. The molecule has 1 unspecified atom stereocenters. The van der Waals surface area contributed by atoms with Crippen LogP contribution in [-0.4, -0.2) is 32.4 Å². The lowest BCUT2D eigenvalue weighted by Gasteiger charge is -2.42. The van der Waals surface area contributed by atoms with E-state index >= 15 is 0 Å². The molecule has 34 heavy (non-hydrogen) atoms. The molecule has 1 atom stereocenters. The number of imidazole rings is 1. The van der Waals surface area contributed by atoms with Crippen molar-refractivity contribution in [1.82, 2.24) is 14.5 Å². The van der Waals surface area contributed by atoms with Gasteiger partial charge in [0.05, 0.1) is 11.0 Å². The molecule has 1 amide bonds. The number of aromatic nitrogens is 2. The highest BCUT2D eigenvalue weighted by molar-refractivity contribution is 5.81. The molecule has 1 heterocycles. The molecule has 2 fully saturated rings. The zero-order chi connectivity index (χ0) is 23.3. The number of carbonyl (C=O) groups excluding carboxylic acids is 1. The molecule has 2 saturated carbocycles. The van der Waals surface area contributed by atoms with Crippen molar-refractivity contribution in [1.29, 1.82) is 0 Å². The van der Waals surface area contributed by atoms with Crippen LogP contribution in [0.3, 0.4) is 0 Å². The zero-order valence-electron chi connectivity index (χ0n) is 20.4. The van der Waals surface area contributed by atoms with Gasteiger partial charge in [0.1, 0.15) is 12.3 Å². The minimum Gasteiger partial charge on any atom is -0.483 e. The second-order valence-electron chi connectivity index (χ2n) is 10.0. The van der Waals surface area contributed by atoms with Gasteiger partial charge in [-0.25, -0.2) is 4.98 Å². The van der Waals surface area contributed by atoms with Crippen LogP contribution in [0, 0.1) is 0 Å². The summed E-state index contributed by atoms with van der Waals surface area (Å²) in [6.07, 6.45) is 11.9. The lowest BCUT2D eigenvalue weighted by atomic mass is 9.88. The van der Waals surface area contributed by atoms with Gasteiger partial charge < -0.3 is 14.2 Å². The molecule has 2 aliphatic carbocycles. The Bertz CT molecular complexity index is 1060. The lowest BCUT2D eigenvalue weighted by molar-refractivity contribution is -0.138. The third kappa shape index (κ3) is 4.98. The number of amides is 1. The third-order valence-electron chi connectivity index (χ3n) is 7.62. The molecule has 0 bridgehead atoms. The second-order valence-corrected chi connectivity index (χ2v) is 10.0. The molecular weight excluding hydrogens is 422 g/mol. The normalized spacial score (nSPS) is 18.6. The first kappa shape index (κ1) is 22.9. The van der Waals surface area contributed by atoms with Crippen LogP contribution in [0.4, 0.5) is 0 Å². The molecule has 2 aromatic carbocycles. The van der Waals surface area contributed by atoms with Gasteiger partial charge in [-0.05, 0) is 56.9 Å². The first-order chi connectivity index (χ1) is 16.7. The summed E-state index contributed by atoms with van der Waals surface area (Å²) in [5.41, 5.74) is 1.91. The maximum absolute atomic E-state index is 14.0. The topological polar surface area (TPSA) is 47.4 Å². The minimum atomic E-state index is -0.264. The van der Waals surface area contributed by atoms with Crippen LogP contribution in [0.5, 0.6) is 5.75 Å². The Morgan fingerprint density at radius 1 is 0.912 bits per heavy atom. The van der Waals surface area contributed by atoms with Gasteiger partial charge in [-0.2, -0.15) is 0 Å². The molecule has 0 radical (unpaired) electrons. The highest BCUT2D eigenvalue weighted by atomic mass is 16.5. The van der Waals surface area contributed by atoms with Crippen molar-refractivity contribution in [2.24, 2.45) is 0 Å². The summed E-state index contributed by atoms with van der Waals surface area (Å²) in [5, 5.41) is 0. The van der Waals surface area contributed by atoms with E-state index in [0.717, 1.165) is 48.3 Å². The smallest absolute Gasteiger partial charge is 0.243 e. The zero-order valence-corrected chi connectivity index (χ0v) is 20.4. The van der Waals surface area contributed by atoms with Crippen LogP contribution in [0.1, 0.15) is 83.1 Å². The molecule has 0 saturated heterocycles. The van der Waals surface area contributed by atoms with Crippen molar-refractivity contribution in [3.8, 4) is 5.75 Å². The van der Waals surface area contributed by atoms with Crippen LogP contribution >= 0.6 is 0 Å². The van der Waals surface area contributed by atoms with Crippen LogP contribution < -0.4 is 4.74 Å². The maximum atomic E-state index is 14.0. The van der Waals surface area contributed by atoms with E-state index in [1.165, 1.54) is 38.5 Å². The number of rotatable bonds is 7. The SMILES string of the molecule is CC(Oc1ccccc1)c1nc2ccccc2n1CC(=O)N(C1CCCCC1)C1CCCCC1. The van der Waals surface area contributed by atoms with Crippen LogP contribution in [0.25, 0.3) is 11.0 Å². The quantitative estimate of drug-likeness (QED) is 0.396. The number of benzene rings is 2. The molecule has 180 valence electrons. The van der Waals surface area contributed by atoms with Gasteiger partial charge in [0.15, 0.2) is 11.9 Å². The van der Waals surface area contributed by atoms with Crippen molar-refractivity contribution in [3.05, 3.63) is 60.4 Å². The Kier molecular flexibility index (Phi) is 7.17. The molecule has 5 nitrogen and oxygen atoms in total. The Labute approximate surface area is 203 Å². The Morgan fingerprint density at radius 2 is 1.50 bits per heavy atom. The van der Waals surface area contributed by atoms with Gasteiger partial charge in [0.25, 0.3) is 0 Å². The summed E-state index contributed by atoms with van der Waals surface area (Å²) in [6, 6.07) is 18.8. The predicted octanol–water partition coefficient (Wildman–Crippen LogP) is 6.67. The van der Waals surface area contributed by atoms with Gasteiger partial charge in [-0.15, -0.1) is 0 Å². The molecule has 1 aromatic heterocycles. The summed E-state index contributed by atoms with van der Waals surface area (Å²) in [7, 11) is 0. The molecule has 5 rings (SSSR count). The predicted molar refractivity (Wildman–Crippen MR) is 136 cm³/mol. The van der Waals surface area contributed by atoms with Crippen LogP contribution in [0.2, 0.25) is 0 Å². The number of hydrogen-bond acceptors (Lipinski definition) is 3. The highest BCUT2D eigenvalue weighted by Crippen LogP contribution is 2.32. The fourth-order valence-electron chi connectivity index (χ4n) is 5.97. The molecule has 0 aliphatic heterocycles. The van der Waals surface area contributed by atoms with E-state index in [9.17, 15) is 4.79 Å². The van der Waals surface area contributed by atoms with Crippen molar-refractivity contribution in [3.63, 3.8) is 0 Å². The summed E-state index contributed by atoms with van der Waals surface area (Å²) in [6.45, 7) is 2.35. The highest BCUT2D eigenvalue weighted by Gasteiger charge is 2.33. The summed E-state index contributed by atoms with van der Waals surface area (Å²) in [5.74, 6) is 1.87. The third-order valence-corrected chi connectivity index (χ3v) is 7.62. The van der Waals surface area contributed by atoms with E-state index in [0.29, 0.717) is 18.6 Å². The van der Waals surface area contributed by atoms with E-state index in [1.807, 2.05) is 55.5 Å².